The standard InChI is InChI=1S/C17H19N3O/c1-2-6-14(7-3-1)17(15-8-5-13-21-15)20-10-4-9-16-18-11-12-19-16/h1-3,5-8,11-13,17,20H,4,9-10H2,(H,18,19). The Morgan fingerprint density at radius 2 is 2.05 bits per heavy atom. The van der Waals surface area contributed by atoms with Gasteiger partial charge >= 0.3 is 0 Å². The fourth-order valence-electron chi connectivity index (χ4n) is 2.42. The minimum absolute atomic E-state index is 0.0952. The monoisotopic (exact) mass is 281 g/mol. The Hall–Kier alpha value is -2.33. The van der Waals surface area contributed by atoms with Crippen LogP contribution in [-0.4, -0.2) is 16.5 Å². The molecule has 0 saturated heterocycles. The molecule has 1 atom stereocenters. The van der Waals surface area contributed by atoms with Crippen molar-refractivity contribution in [3.05, 3.63) is 78.3 Å². The van der Waals surface area contributed by atoms with Gasteiger partial charge in [-0.2, -0.15) is 0 Å². The molecule has 3 aromatic rings. The summed E-state index contributed by atoms with van der Waals surface area (Å²) < 4.78 is 5.57. The van der Waals surface area contributed by atoms with Crippen LogP contribution in [0.4, 0.5) is 0 Å². The summed E-state index contributed by atoms with van der Waals surface area (Å²) >= 11 is 0. The zero-order valence-corrected chi connectivity index (χ0v) is 11.8. The Morgan fingerprint density at radius 1 is 1.14 bits per heavy atom. The quantitative estimate of drug-likeness (QED) is 0.653. The number of nitrogens with zero attached hydrogens (tertiary/aromatic N) is 1. The lowest BCUT2D eigenvalue weighted by molar-refractivity contribution is 0.444. The number of H-pyrrole nitrogens is 1. The molecule has 1 unspecified atom stereocenters. The molecule has 4 heteroatoms. The molecule has 4 nitrogen and oxygen atoms in total. The van der Waals surface area contributed by atoms with Crippen LogP contribution in [0.5, 0.6) is 0 Å². The van der Waals surface area contributed by atoms with Crippen molar-refractivity contribution in [1.82, 2.24) is 15.3 Å². The summed E-state index contributed by atoms with van der Waals surface area (Å²) in [6.45, 7) is 0.904. The van der Waals surface area contributed by atoms with E-state index in [1.165, 1.54) is 5.56 Å². The van der Waals surface area contributed by atoms with Crippen molar-refractivity contribution in [3.8, 4) is 0 Å². The van der Waals surface area contributed by atoms with Gasteiger partial charge in [0.1, 0.15) is 11.6 Å². The molecule has 0 bridgehead atoms. The van der Waals surface area contributed by atoms with Crippen LogP contribution < -0.4 is 5.32 Å². The zero-order valence-electron chi connectivity index (χ0n) is 11.8. The van der Waals surface area contributed by atoms with Crippen molar-refractivity contribution < 1.29 is 4.42 Å². The van der Waals surface area contributed by atoms with Crippen LogP contribution in [0.25, 0.3) is 0 Å². The van der Waals surface area contributed by atoms with Crippen LogP contribution in [0.2, 0.25) is 0 Å². The Balaban J connectivity index is 1.61. The Kier molecular flexibility index (Phi) is 4.49. The minimum atomic E-state index is 0.0952. The van der Waals surface area contributed by atoms with Crippen LogP contribution in [-0.2, 0) is 6.42 Å². The lowest BCUT2D eigenvalue weighted by Gasteiger charge is -2.17. The van der Waals surface area contributed by atoms with Crippen molar-refractivity contribution in [2.45, 2.75) is 18.9 Å². The number of aromatic amines is 1. The first kappa shape index (κ1) is 13.6. The van der Waals surface area contributed by atoms with Crippen LogP contribution in [0.3, 0.4) is 0 Å². The molecule has 0 saturated carbocycles. The summed E-state index contributed by atoms with van der Waals surface area (Å²) in [5, 5.41) is 3.57. The molecule has 108 valence electrons. The fourth-order valence-corrected chi connectivity index (χ4v) is 2.42. The van der Waals surface area contributed by atoms with E-state index in [1.807, 2.05) is 24.4 Å². The number of aryl methyl sites for hydroxylation is 1. The van der Waals surface area contributed by atoms with Gasteiger partial charge in [-0.15, -0.1) is 0 Å². The molecule has 2 N–H and O–H groups in total. The third kappa shape index (κ3) is 3.61. The maximum atomic E-state index is 5.57. The third-order valence-corrected chi connectivity index (χ3v) is 3.45. The van der Waals surface area contributed by atoms with E-state index < -0.39 is 0 Å². The summed E-state index contributed by atoms with van der Waals surface area (Å²) in [6, 6.07) is 14.4. The molecule has 21 heavy (non-hydrogen) atoms. The highest BCUT2D eigenvalue weighted by molar-refractivity contribution is 5.26. The van der Waals surface area contributed by atoms with Gasteiger partial charge in [0.15, 0.2) is 0 Å². The first-order valence-corrected chi connectivity index (χ1v) is 7.23. The number of furan rings is 1. The van der Waals surface area contributed by atoms with Crippen LogP contribution in [0, 0.1) is 0 Å². The number of hydrogen-bond donors (Lipinski definition) is 2. The summed E-state index contributed by atoms with van der Waals surface area (Å²) in [5.74, 6) is 1.98. The lowest BCUT2D eigenvalue weighted by atomic mass is 10.0. The molecular formula is C17H19N3O. The highest BCUT2D eigenvalue weighted by Crippen LogP contribution is 2.22. The largest absolute Gasteiger partial charge is 0.467 e. The molecule has 0 aliphatic carbocycles. The van der Waals surface area contributed by atoms with Crippen molar-refractivity contribution >= 4 is 0 Å². The molecular weight excluding hydrogens is 262 g/mol. The molecule has 1 aromatic carbocycles. The molecule has 2 heterocycles. The molecule has 0 aliphatic rings. The molecule has 0 aliphatic heterocycles. The Morgan fingerprint density at radius 3 is 2.76 bits per heavy atom. The number of rotatable bonds is 7. The third-order valence-electron chi connectivity index (χ3n) is 3.45. The maximum Gasteiger partial charge on any atom is 0.125 e. The van der Waals surface area contributed by atoms with Gasteiger partial charge in [0, 0.05) is 18.8 Å². The topological polar surface area (TPSA) is 53.9 Å². The van der Waals surface area contributed by atoms with Gasteiger partial charge in [-0.1, -0.05) is 30.3 Å². The van der Waals surface area contributed by atoms with Gasteiger partial charge in [-0.05, 0) is 30.7 Å². The summed E-state index contributed by atoms with van der Waals surface area (Å²) in [7, 11) is 0. The Labute approximate surface area is 124 Å². The normalized spacial score (nSPS) is 12.4. The van der Waals surface area contributed by atoms with Gasteiger partial charge in [-0.3, -0.25) is 0 Å². The van der Waals surface area contributed by atoms with E-state index in [-0.39, 0.29) is 6.04 Å². The average molecular weight is 281 g/mol. The second-order valence-corrected chi connectivity index (χ2v) is 4.95. The molecule has 0 fully saturated rings. The smallest absolute Gasteiger partial charge is 0.125 e. The van der Waals surface area contributed by atoms with E-state index in [4.69, 9.17) is 4.42 Å². The van der Waals surface area contributed by atoms with Gasteiger partial charge in [0.05, 0.1) is 12.3 Å². The second kappa shape index (κ2) is 6.90. The molecule has 2 aromatic heterocycles. The molecule has 0 spiro atoms. The number of imidazole rings is 1. The number of hydrogen-bond acceptors (Lipinski definition) is 3. The van der Waals surface area contributed by atoms with Crippen LogP contribution in [0.15, 0.2) is 65.5 Å². The second-order valence-electron chi connectivity index (χ2n) is 4.95. The summed E-state index contributed by atoms with van der Waals surface area (Å²) in [5.41, 5.74) is 1.21. The molecule has 3 rings (SSSR count). The molecule has 0 amide bonds. The summed E-state index contributed by atoms with van der Waals surface area (Å²) in [6.07, 6.45) is 7.34. The first-order chi connectivity index (χ1) is 10.4. The zero-order chi connectivity index (χ0) is 14.3. The number of benzene rings is 1. The van der Waals surface area contributed by atoms with Crippen LogP contribution in [0.1, 0.15) is 29.6 Å². The maximum absolute atomic E-state index is 5.57. The van der Waals surface area contributed by atoms with Gasteiger partial charge in [-0.25, -0.2) is 4.98 Å². The average Bonchev–Trinajstić information content (AvgIpc) is 3.21. The number of nitrogens with one attached hydrogen (secondary N) is 2. The summed E-state index contributed by atoms with van der Waals surface area (Å²) in [4.78, 5) is 7.37. The fraction of sp³-hybridized carbons (Fsp3) is 0.235. The van der Waals surface area contributed by atoms with E-state index in [0.29, 0.717) is 0 Å². The Bertz CT molecular complexity index is 617. The van der Waals surface area contributed by atoms with Gasteiger partial charge in [0.25, 0.3) is 0 Å². The van der Waals surface area contributed by atoms with Crippen LogP contribution >= 0.6 is 0 Å². The van der Waals surface area contributed by atoms with Crippen molar-refractivity contribution in [2.24, 2.45) is 0 Å². The highest BCUT2D eigenvalue weighted by atomic mass is 16.3. The van der Waals surface area contributed by atoms with Crippen molar-refractivity contribution in [2.75, 3.05) is 6.54 Å². The predicted octanol–water partition coefficient (Wildman–Crippen LogP) is 3.31. The van der Waals surface area contributed by atoms with Crippen molar-refractivity contribution in [3.63, 3.8) is 0 Å². The molecule has 0 radical (unpaired) electrons. The van der Waals surface area contributed by atoms with E-state index in [1.54, 1.807) is 12.5 Å². The van der Waals surface area contributed by atoms with Gasteiger partial charge < -0.3 is 14.7 Å². The lowest BCUT2D eigenvalue weighted by Crippen LogP contribution is -2.23. The highest BCUT2D eigenvalue weighted by Gasteiger charge is 2.15. The van der Waals surface area contributed by atoms with E-state index in [2.05, 4.69) is 39.6 Å². The number of aromatic nitrogens is 2. The predicted molar refractivity (Wildman–Crippen MR) is 81.9 cm³/mol. The first-order valence-electron chi connectivity index (χ1n) is 7.23. The SMILES string of the molecule is c1ccc(C(NCCCc2ncc[nH]2)c2ccco2)cc1. The van der Waals surface area contributed by atoms with E-state index >= 15 is 0 Å². The minimum Gasteiger partial charge on any atom is -0.467 e. The van der Waals surface area contributed by atoms with E-state index in [9.17, 15) is 0 Å². The van der Waals surface area contributed by atoms with Crippen molar-refractivity contribution in [1.29, 1.82) is 0 Å². The van der Waals surface area contributed by atoms with E-state index in [0.717, 1.165) is 31.0 Å². The van der Waals surface area contributed by atoms with Gasteiger partial charge in [0.2, 0.25) is 0 Å².